The van der Waals surface area contributed by atoms with Gasteiger partial charge in [-0.25, -0.2) is 0 Å². The Kier molecular flexibility index (Phi) is 10.4. The Morgan fingerprint density at radius 2 is 0.871 bits per heavy atom. The van der Waals surface area contributed by atoms with Crippen molar-refractivity contribution < 1.29 is 26.3 Å². The number of alkyl halides is 6. The molecule has 0 aliphatic heterocycles. The average molecular weight is 930 g/mol. The third-order valence-corrected chi connectivity index (χ3v) is 13.6. The van der Waals surface area contributed by atoms with Gasteiger partial charge in [-0.1, -0.05) is 108 Å². The smallest absolute Gasteiger partial charge is 0.309 e. The Labute approximate surface area is 399 Å². The number of aromatic nitrogens is 2. The zero-order valence-electron chi connectivity index (χ0n) is 38.4. The number of benzene rings is 9. The number of halogens is 6. The highest BCUT2D eigenvalue weighted by atomic mass is 19.4. The second kappa shape index (κ2) is 16.4. The van der Waals surface area contributed by atoms with Gasteiger partial charge in [-0.15, -0.1) is 0 Å². The first kappa shape index (κ1) is 44.2. The van der Waals surface area contributed by atoms with Gasteiger partial charge in [0.2, 0.25) is 0 Å². The van der Waals surface area contributed by atoms with Crippen LogP contribution in [0.15, 0.2) is 176 Å². The zero-order valence-corrected chi connectivity index (χ0v) is 38.4. The molecular weight excluding hydrogens is 889 g/mol. The van der Waals surface area contributed by atoms with E-state index in [0.29, 0.717) is 22.5 Å². The van der Waals surface area contributed by atoms with Gasteiger partial charge in [-0.3, -0.25) is 0 Å². The zero-order chi connectivity index (χ0) is 48.8. The quantitative estimate of drug-likeness (QED) is 0.153. The van der Waals surface area contributed by atoms with E-state index in [1.807, 2.05) is 54.6 Å². The normalized spacial score (nSPS) is 12.1. The van der Waals surface area contributed by atoms with Crippen LogP contribution in [0.5, 0.6) is 0 Å². The molecular formula is C61H41F6N3. The molecule has 0 aliphatic carbocycles. The first-order valence-electron chi connectivity index (χ1n) is 22.8. The molecule has 9 heteroatoms. The second-order valence-corrected chi connectivity index (χ2v) is 18.1. The molecule has 0 bridgehead atoms. The summed E-state index contributed by atoms with van der Waals surface area (Å²) in [5, 5.41) is 14.9. The summed E-state index contributed by atoms with van der Waals surface area (Å²) < 4.78 is 90.8. The fraction of sp³-hybridized carbons (Fsp3) is 0.0984. The fourth-order valence-electron chi connectivity index (χ4n) is 10.4. The van der Waals surface area contributed by atoms with Gasteiger partial charge in [0.05, 0.1) is 56.2 Å². The summed E-state index contributed by atoms with van der Waals surface area (Å²) in [5.41, 5.74) is 11.4. The first-order chi connectivity index (χ1) is 33.6. The monoisotopic (exact) mass is 929 g/mol. The molecule has 0 aliphatic rings. The lowest BCUT2D eigenvalue weighted by molar-refractivity contribution is -0.143. The standard InChI is InChI=1S/C61H41F6N3/c1-35-16-21-46(37(3)26-35)40-19-24-55-50(31-40)48-11-5-7-13-53(48)69(55)57-23-18-39(43-28-44(60(62,63)64)33-45(29-43)61(65,66)67)30-52(57)59-42(34-68)10-9-15-58(59)70-54-14-8-6-12-49(54)51-32-41(20-25-56(51)70)47-22-17-36(2)27-38(47)4/h5-33H,1-4H3. The summed E-state index contributed by atoms with van der Waals surface area (Å²) in [6, 6.07) is 55.5. The molecule has 0 N–H and O–H groups in total. The maximum Gasteiger partial charge on any atom is 0.416 e. The van der Waals surface area contributed by atoms with Crippen molar-refractivity contribution >= 4 is 43.6 Å². The molecule has 0 fully saturated rings. The van der Waals surface area contributed by atoms with Crippen molar-refractivity contribution in [2.75, 3.05) is 0 Å². The van der Waals surface area contributed by atoms with Gasteiger partial charge in [-0.05, 0) is 151 Å². The lowest BCUT2D eigenvalue weighted by atomic mass is 9.91. The van der Waals surface area contributed by atoms with Gasteiger partial charge in [0.25, 0.3) is 0 Å². The highest BCUT2D eigenvalue weighted by Gasteiger charge is 2.37. The molecule has 11 aromatic rings. The molecule has 70 heavy (non-hydrogen) atoms. The Bertz CT molecular complexity index is 3960. The largest absolute Gasteiger partial charge is 0.416 e. The SMILES string of the molecule is Cc1ccc(-c2ccc3c(c2)c2ccccc2n3-c2ccc(-c3cc(C(F)(F)F)cc(C(F)(F)F)c3)cc2-c2c(C#N)cccc2-n2c3ccccc3c3cc(-c4ccc(C)cc4C)ccc32)c(C)c1. The van der Waals surface area contributed by atoms with E-state index in [9.17, 15) is 31.6 Å². The van der Waals surface area contributed by atoms with Crippen molar-refractivity contribution in [3.8, 4) is 62.0 Å². The van der Waals surface area contributed by atoms with Crippen molar-refractivity contribution in [3.63, 3.8) is 0 Å². The highest BCUT2D eigenvalue weighted by molar-refractivity contribution is 6.13. The molecule has 9 aromatic carbocycles. The summed E-state index contributed by atoms with van der Waals surface area (Å²) in [6.45, 7) is 8.28. The lowest BCUT2D eigenvalue weighted by Gasteiger charge is -2.21. The van der Waals surface area contributed by atoms with Gasteiger partial charge in [0.1, 0.15) is 0 Å². The van der Waals surface area contributed by atoms with Crippen LogP contribution in [0.25, 0.3) is 99.5 Å². The molecule has 0 unspecified atom stereocenters. The van der Waals surface area contributed by atoms with Crippen molar-refractivity contribution in [1.82, 2.24) is 9.13 Å². The van der Waals surface area contributed by atoms with Crippen LogP contribution in [0.4, 0.5) is 26.3 Å². The maximum atomic E-state index is 14.4. The maximum absolute atomic E-state index is 14.4. The number of hydrogen-bond acceptors (Lipinski definition) is 1. The molecule has 11 rings (SSSR count). The van der Waals surface area contributed by atoms with E-state index in [2.05, 4.69) is 116 Å². The third kappa shape index (κ3) is 7.39. The predicted molar refractivity (Wildman–Crippen MR) is 271 cm³/mol. The number of aryl methyl sites for hydroxylation is 4. The minimum Gasteiger partial charge on any atom is -0.309 e. The molecule has 0 saturated carbocycles. The Balaban J connectivity index is 1.23. The molecule has 0 amide bonds. The van der Waals surface area contributed by atoms with E-state index >= 15 is 0 Å². The minimum absolute atomic E-state index is 0.104. The van der Waals surface area contributed by atoms with Gasteiger partial charge in [-0.2, -0.15) is 31.6 Å². The molecule has 342 valence electrons. The van der Waals surface area contributed by atoms with Crippen molar-refractivity contribution in [2.45, 2.75) is 40.0 Å². The molecule has 0 atom stereocenters. The average Bonchev–Trinajstić information content (AvgIpc) is 3.85. The van der Waals surface area contributed by atoms with Crippen LogP contribution in [0, 0.1) is 39.0 Å². The predicted octanol–water partition coefficient (Wildman–Crippen LogP) is 17.7. The number of hydrogen-bond donors (Lipinski definition) is 0. The molecule has 0 saturated heterocycles. The highest BCUT2D eigenvalue weighted by Crippen LogP contribution is 2.46. The number of fused-ring (bicyclic) bond motifs is 6. The molecule has 2 aromatic heterocycles. The van der Waals surface area contributed by atoms with E-state index in [-0.39, 0.29) is 22.8 Å². The first-order valence-corrected chi connectivity index (χ1v) is 22.8. The van der Waals surface area contributed by atoms with Crippen LogP contribution in [-0.2, 0) is 12.4 Å². The summed E-state index contributed by atoms with van der Waals surface area (Å²) in [6.07, 6.45) is -10.1. The second-order valence-electron chi connectivity index (χ2n) is 18.1. The molecule has 0 spiro atoms. The van der Waals surface area contributed by atoms with Crippen molar-refractivity contribution in [3.05, 3.63) is 215 Å². The van der Waals surface area contributed by atoms with Crippen molar-refractivity contribution in [1.29, 1.82) is 5.26 Å². The van der Waals surface area contributed by atoms with Gasteiger partial charge < -0.3 is 9.13 Å². The van der Waals surface area contributed by atoms with E-state index in [1.54, 1.807) is 30.3 Å². The van der Waals surface area contributed by atoms with Crippen LogP contribution in [0.1, 0.15) is 38.9 Å². The van der Waals surface area contributed by atoms with Crippen molar-refractivity contribution in [2.24, 2.45) is 0 Å². The van der Waals surface area contributed by atoms with Gasteiger partial charge in [0, 0.05) is 32.7 Å². The summed E-state index contributed by atoms with van der Waals surface area (Å²) in [7, 11) is 0. The lowest BCUT2D eigenvalue weighted by Crippen LogP contribution is -2.11. The number of nitrogens with zero attached hydrogens (tertiary/aromatic N) is 3. The van der Waals surface area contributed by atoms with Crippen LogP contribution >= 0.6 is 0 Å². The molecule has 0 radical (unpaired) electrons. The van der Waals surface area contributed by atoms with Crippen LogP contribution in [-0.4, -0.2) is 9.13 Å². The van der Waals surface area contributed by atoms with Gasteiger partial charge in [0.15, 0.2) is 0 Å². The summed E-state index contributed by atoms with van der Waals surface area (Å²) >= 11 is 0. The van der Waals surface area contributed by atoms with Gasteiger partial charge >= 0.3 is 12.4 Å². The van der Waals surface area contributed by atoms with E-state index in [1.165, 1.54) is 0 Å². The Morgan fingerprint density at radius 3 is 1.37 bits per heavy atom. The Hall–Kier alpha value is -8.35. The topological polar surface area (TPSA) is 33.6 Å². The van der Waals surface area contributed by atoms with Crippen LogP contribution in [0.3, 0.4) is 0 Å². The number of rotatable bonds is 6. The molecule has 2 heterocycles. The number of para-hydroxylation sites is 2. The Morgan fingerprint density at radius 1 is 0.386 bits per heavy atom. The van der Waals surface area contributed by atoms with Crippen LogP contribution in [0.2, 0.25) is 0 Å². The summed E-state index contributed by atoms with van der Waals surface area (Å²) in [5.74, 6) is 0. The summed E-state index contributed by atoms with van der Waals surface area (Å²) in [4.78, 5) is 0. The van der Waals surface area contributed by atoms with E-state index < -0.39 is 23.5 Å². The third-order valence-electron chi connectivity index (χ3n) is 13.6. The minimum atomic E-state index is -5.06. The van der Waals surface area contributed by atoms with Crippen LogP contribution < -0.4 is 0 Å². The van der Waals surface area contributed by atoms with E-state index in [0.717, 1.165) is 100 Å². The number of nitriles is 1. The molecule has 3 nitrogen and oxygen atoms in total. The van der Waals surface area contributed by atoms with E-state index in [4.69, 9.17) is 0 Å². The fourth-order valence-corrected chi connectivity index (χ4v) is 10.4.